The number of amides is 2. The van der Waals surface area contributed by atoms with Gasteiger partial charge in [-0.15, -0.1) is 0 Å². The van der Waals surface area contributed by atoms with Gasteiger partial charge in [-0.2, -0.15) is 0 Å². The average Bonchev–Trinajstić information content (AvgIpc) is 3.27. The lowest BCUT2D eigenvalue weighted by Crippen LogP contribution is -2.55. The molecular formula is C16H22N2O5. The molecule has 0 radical (unpaired) electrons. The molecule has 2 atom stereocenters. The number of rotatable bonds is 4. The largest absolute Gasteiger partial charge is 0.459 e. The van der Waals surface area contributed by atoms with Gasteiger partial charge < -0.3 is 24.1 Å². The number of piperidine rings is 1. The Morgan fingerprint density at radius 1 is 1.30 bits per heavy atom. The van der Waals surface area contributed by atoms with E-state index in [9.17, 15) is 9.59 Å². The van der Waals surface area contributed by atoms with E-state index in [0.29, 0.717) is 19.8 Å². The summed E-state index contributed by atoms with van der Waals surface area (Å²) in [4.78, 5) is 26.5. The van der Waals surface area contributed by atoms with Gasteiger partial charge >= 0.3 is 0 Å². The molecule has 0 unspecified atom stereocenters. The molecule has 0 saturated carbocycles. The Kier molecular flexibility index (Phi) is 4.97. The lowest BCUT2D eigenvalue weighted by molar-refractivity contribution is -0.152. The van der Waals surface area contributed by atoms with Gasteiger partial charge in [0.15, 0.2) is 12.1 Å². The lowest BCUT2D eigenvalue weighted by atomic mass is 10.0. The zero-order valence-corrected chi connectivity index (χ0v) is 13.2. The van der Waals surface area contributed by atoms with Gasteiger partial charge in [-0.25, -0.2) is 0 Å². The molecule has 2 fully saturated rings. The van der Waals surface area contributed by atoms with E-state index < -0.39 is 11.9 Å². The highest BCUT2D eigenvalue weighted by molar-refractivity contribution is 5.95. The zero-order chi connectivity index (χ0) is 16.2. The standard InChI is InChI=1S/C16H22N2O5/c1-11(17-14(19)13-6-4-8-21-13)15(20)18-7-3-2-5-12(18)16-22-9-10-23-16/h4,6,8,11-12,16H,2-3,5,7,9-10H2,1H3,(H,17,19)/t11-,12-/m0/s1. The molecule has 0 aromatic carbocycles. The Morgan fingerprint density at radius 3 is 2.78 bits per heavy atom. The molecule has 3 heterocycles. The predicted octanol–water partition coefficient (Wildman–Crippen LogP) is 1.15. The Morgan fingerprint density at radius 2 is 2.09 bits per heavy atom. The zero-order valence-electron chi connectivity index (χ0n) is 13.2. The van der Waals surface area contributed by atoms with Crippen LogP contribution in [-0.4, -0.2) is 54.8 Å². The second kappa shape index (κ2) is 7.14. The molecule has 126 valence electrons. The van der Waals surface area contributed by atoms with Crippen LogP contribution >= 0.6 is 0 Å². The number of hydrogen-bond donors (Lipinski definition) is 1. The van der Waals surface area contributed by atoms with Crippen LogP contribution in [0.4, 0.5) is 0 Å². The van der Waals surface area contributed by atoms with Crippen LogP contribution in [0.15, 0.2) is 22.8 Å². The third-order valence-electron chi connectivity index (χ3n) is 4.26. The highest BCUT2D eigenvalue weighted by Gasteiger charge is 2.37. The Hall–Kier alpha value is -1.86. The van der Waals surface area contributed by atoms with Gasteiger partial charge in [0.05, 0.1) is 25.5 Å². The lowest BCUT2D eigenvalue weighted by Gasteiger charge is -2.39. The van der Waals surface area contributed by atoms with Crippen molar-refractivity contribution in [3.05, 3.63) is 24.2 Å². The number of carbonyl (C=O) groups excluding carboxylic acids is 2. The molecule has 2 amide bonds. The summed E-state index contributed by atoms with van der Waals surface area (Å²) < 4.78 is 16.2. The average molecular weight is 322 g/mol. The van der Waals surface area contributed by atoms with Crippen molar-refractivity contribution in [2.45, 2.75) is 44.6 Å². The van der Waals surface area contributed by atoms with E-state index in [1.807, 2.05) is 0 Å². The number of nitrogens with one attached hydrogen (secondary N) is 1. The summed E-state index contributed by atoms with van der Waals surface area (Å²) >= 11 is 0. The van der Waals surface area contributed by atoms with Gasteiger partial charge in [0.25, 0.3) is 5.91 Å². The Bertz CT molecular complexity index is 539. The third-order valence-corrected chi connectivity index (χ3v) is 4.26. The van der Waals surface area contributed by atoms with E-state index in [1.165, 1.54) is 6.26 Å². The van der Waals surface area contributed by atoms with Gasteiger partial charge in [0.2, 0.25) is 5.91 Å². The predicted molar refractivity (Wildman–Crippen MR) is 80.7 cm³/mol. The van der Waals surface area contributed by atoms with Gasteiger partial charge in [-0.1, -0.05) is 0 Å². The second-order valence-electron chi connectivity index (χ2n) is 5.88. The third kappa shape index (κ3) is 3.56. The number of hydrogen-bond acceptors (Lipinski definition) is 5. The van der Waals surface area contributed by atoms with Crippen LogP contribution in [0.1, 0.15) is 36.7 Å². The van der Waals surface area contributed by atoms with Crippen LogP contribution in [0.3, 0.4) is 0 Å². The summed E-state index contributed by atoms with van der Waals surface area (Å²) in [5.74, 6) is -0.311. The molecule has 0 bridgehead atoms. The van der Waals surface area contributed by atoms with Crippen molar-refractivity contribution in [1.29, 1.82) is 0 Å². The topological polar surface area (TPSA) is 81.0 Å². The van der Waals surface area contributed by atoms with Crippen LogP contribution in [0, 0.1) is 0 Å². The molecule has 1 aromatic rings. The van der Waals surface area contributed by atoms with E-state index in [1.54, 1.807) is 24.0 Å². The summed E-state index contributed by atoms with van der Waals surface area (Å²) in [5.41, 5.74) is 0. The van der Waals surface area contributed by atoms with Crippen LogP contribution < -0.4 is 5.32 Å². The van der Waals surface area contributed by atoms with Gasteiger partial charge in [0, 0.05) is 6.54 Å². The number of likely N-dealkylation sites (tertiary alicyclic amines) is 1. The number of furan rings is 1. The first-order chi connectivity index (χ1) is 11.2. The van der Waals surface area contributed by atoms with Crippen molar-refractivity contribution in [2.24, 2.45) is 0 Å². The van der Waals surface area contributed by atoms with Crippen molar-refractivity contribution in [3.8, 4) is 0 Å². The molecule has 0 spiro atoms. The minimum Gasteiger partial charge on any atom is -0.459 e. The molecule has 0 aliphatic carbocycles. The van der Waals surface area contributed by atoms with Crippen LogP contribution in [0.5, 0.6) is 0 Å². The maximum atomic E-state index is 12.7. The molecule has 1 N–H and O–H groups in total. The molecule has 2 saturated heterocycles. The molecule has 2 aliphatic heterocycles. The van der Waals surface area contributed by atoms with Crippen molar-refractivity contribution in [1.82, 2.24) is 10.2 Å². The van der Waals surface area contributed by atoms with Gasteiger partial charge in [-0.3, -0.25) is 9.59 Å². The number of nitrogens with zero attached hydrogens (tertiary/aromatic N) is 1. The molecule has 2 aliphatic rings. The van der Waals surface area contributed by atoms with Crippen molar-refractivity contribution in [2.75, 3.05) is 19.8 Å². The van der Waals surface area contributed by atoms with Crippen LogP contribution in [-0.2, 0) is 14.3 Å². The normalized spacial score (nSPS) is 23.7. The second-order valence-corrected chi connectivity index (χ2v) is 5.88. The minimum atomic E-state index is -0.630. The van der Waals surface area contributed by atoms with E-state index in [2.05, 4.69) is 5.32 Å². The van der Waals surface area contributed by atoms with E-state index >= 15 is 0 Å². The summed E-state index contributed by atoms with van der Waals surface area (Å²) in [6.45, 7) is 3.47. The first kappa shape index (κ1) is 16.0. The van der Waals surface area contributed by atoms with Crippen molar-refractivity contribution >= 4 is 11.8 Å². The van der Waals surface area contributed by atoms with E-state index in [4.69, 9.17) is 13.9 Å². The number of carbonyl (C=O) groups is 2. The summed E-state index contributed by atoms with van der Waals surface area (Å²) in [6, 6.07) is 2.49. The maximum Gasteiger partial charge on any atom is 0.287 e. The summed E-state index contributed by atoms with van der Waals surface area (Å²) in [6.07, 6.45) is 3.93. The Balaban J connectivity index is 1.63. The first-order valence-electron chi connectivity index (χ1n) is 8.05. The Labute approximate surface area is 134 Å². The molecule has 3 rings (SSSR count). The van der Waals surface area contributed by atoms with Gasteiger partial charge in [-0.05, 0) is 38.3 Å². The first-order valence-corrected chi connectivity index (χ1v) is 8.05. The fraction of sp³-hybridized carbons (Fsp3) is 0.625. The summed E-state index contributed by atoms with van der Waals surface area (Å²) in [7, 11) is 0. The fourth-order valence-corrected chi connectivity index (χ4v) is 3.10. The highest BCUT2D eigenvalue weighted by atomic mass is 16.7. The smallest absolute Gasteiger partial charge is 0.287 e. The van der Waals surface area contributed by atoms with Crippen LogP contribution in [0.2, 0.25) is 0 Å². The van der Waals surface area contributed by atoms with Crippen molar-refractivity contribution in [3.63, 3.8) is 0 Å². The molecule has 1 aromatic heterocycles. The highest BCUT2D eigenvalue weighted by Crippen LogP contribution is 2.25. The van der Waals surface area contributed by atoms with Gasteiger partial charge in [0.1, 0.15) is 6.04 Å². The van der Waals surface area contributed by atoms with Crippen molar-refractivity contribution < 1.29 is 23.5 Å². The van der Waals surface area contributed by atoms with Crippen LogP contribution in [0.25, 0.3) is 0 Å². The minimum absolute atomic E-state index is 0.0817. The van der Waals surface area contributed by atoms with E-state index in [0.717, 1.165) is 19.3 Å². The molecule has 7 nitrogen and oxygen atoms in total. The SMILES string of the molecule is C[C@H](NC(=O)c1ccco1)C(=O)N1CCCC[C@H]1C1OCCO1. The monoisotopic (exact) mass is 322 g/mol. The summed E-state index contributed by atoms with van der Waals surface area (Å²) in [5, 5.41) is 2.68. The fourth-order valence-electron chi connectivity index (χ4n) is 3.10. The molecule has 7 heteroatoms. The maximum absolute atomic E-state index is 12.7. The number of ether oxygens (including phenoxy) is 2. The quantitative estimate of drug-likeness (QED) is 0.899. The van der Waals surface area contributed by atoms with E-state index in [-0.39, 0.29) is 24.0 Å². The molecule has 23 heavy (non-hydrogen) atoms. The molecular weight excluding hydrogens is 300 g/mol.